The van der Waals surface area contributed by atoms with E-state index in [9.17, 15) is 19.7 Å². The first-order valence-electron chi connectivity index (χ1n) is 8.17. The lowest BCUT2D eigenvalue weighted by Gasteiger charge is -2.13. The Labute approximate surface area is 156 Å². The van der Waals surface area contributed by atoms with Gasteiger partial charge in [-0.1, -0.05) is 17.7 Å². The highest BCUT2D eigenvalue weighted by Gasteiger charge is 2.12. The van der Waals surface area contributed by atoms with Crippen LogP contribution in [0.3, 0.4) is 0 Å². The van der Waals surface area contributed by atoms with E-state index in [1.807, 2.05) is 32.9 Å². The van der Waals surface area contributed by atoms with E-state index in [2.05, 4.69) is 5.32 Å². The Morgan fingerprint density at radius 3 is 2.19 bits per heavy atom. The molecular weight excluding hydrogens is 352 g/mol. The normalized spacial score (nSPS) is 10.2. The SMILES string of the molecule is Cc1cc(C)c(NC(=O)COC(=O)COc2ccc([N+](=O)[O-])cc2)c(C)c1. The van der Waals surface area contributed by atoms with Crippen molar-refractivity contribution in [2.24, 2.45) is 0 Å². The second-order valence-electron chi connectivity index (χ2n) is 6.02. The van der Waals surface area contributed by atoms with Crippen LogP contribution < -0.4 is 10.1 Å². The van der Waals surface area contributed by atoms with Gasteiger partial charge < -0.3 is 14.8 Å². The highest BCUT2D eigenvalue weighted by molar-refractivity contribution is 5.94. The van der Waals surface area contributed by atoms with E-state index < -0.39 is 30.0 Å². The first-order valence-corrected chi connectivity index (χ1v) is 8.17. The summed E-state index contributed by atoms with van der Waals surface area (Å²) < 4.78 is 10.1. The molecule has 8 heteroatoms. The number of anilines is 1. The van der Waals surface area contributed by atoms with Gasteiger partial charge in [-0.25, -0.2) is 4.79 Å². The fourth-order valence-corrected chi connectivity index (χ4v) is 2.55. The molecule has 0 radical (unpaired) electrons. The number of carbonyl (C=O) groups excluding carboxylic acids is 2. The third-order valence-electron chi connectivity index (χ3n) is 3.71. The maximum Gasteiger partial charge on any atom is 0.344 e. The van der Waals surface area contributed by atoms with Crippen LogP contribution in [0.5, 0.6) is 5.75 Å². The molecule has 2 aromatic carbocycles. The zero-order chi connectivity index (χ0) is 20.0. The molecule has 1 N–H and O–H groups in total. The fourth-order valence-electron chi connectivity index (χ4n) is 2.55. The monoisotopic (exact) mass is 372 g/mol. The molecule has 0 aliphatic carbocycles. The number of non-ortho nitro benzene ring substituents is 1. The van der Waals surface area contributed by atoms with Crippen LogP contribution in [0, 0.1) is 30.9 Å². The number of benzene rings is 2. The van der Waals surface area contributed by atoms with E-state index >= 15 is 0 Å². The molecule has 142 valence electrons. The molecule has 2 rings (SSSR count). The lowest BCUT2D eigenvalue weighted by Crippen LogP contribution is -2.24. The fraction of sp³-hybridized carbons (Fsp3) is 0.263. The number of carbonyl (C=O) groups is 2. The minimum absolute atomic E-state index is 0.0803. The van der Waals surface area contributed by atoms with Crippen molar-refractivity contribution in [2.75, 3.05) is 18.5 Å². The zero-order valence-electron chi connectivity index (χ0n) is 15.3. The van der Waals surface area contributed by atoms with Gasteiger partial charge in [0, 0.05) is 17.8 Å². The molecule has 0 bridgehead atoms. The number of nitro benzene ring substituents is 1. The predicted octanol–water partition coefficient (Wildman–Crippen LogP) is 3.08. The molecule has 0 spiro atoms. The maximum atomic E-state index is 12.0. The number of amides is 1. The quantitative estimate of drug-likeness (QED) is 0.455. The average Bonchev–Trinajstić information content (AvgIpc) is 2.61. The minimum atomic E-state index is -0.721. The Kier molecular flexibility index (Phi) is 6.48. The first kappa shape index (κ1) is 19.9. The number of ether oxygens (including phenoxy) is 2. The smallest absolute Gasteiger partial charge is 0.344 e. The average molecular weight is 372 g/mol. The van der Waals surface area contributed by atoms with Crippen molar-refractivity contribution in [3.63, 3.8) is 0 Å². The summed E-state index contributed by atoms with van der Waals surface area (Å²) in [6.45, 7) is 4.90. The van der Waals surface area contributed by atoms with Crippen LogP contribution in [0.1, 0.15) is 16.7 Å². The van der Waals surface area contributed by atoms with E-state index in [4.69, 9.17) is 9.47 Å². The molecule has 0 fully saturated rings. The Bertz CT molecular complexity index is 838. The van der Waals surface area contributed by atoms with Gasteiger partial charge in [-0.15, -0.1) is 0 Å². The third kappa shape index (κ3) is 5.81. The van der Waals surface area contributed by atoms with E-state index in [1.165, 1.54) is 24.3 Å². The Morgan fingerprint density at radius 2 is 1.63 bits per heavy atom. The van der Waals surface area contributed by atoms with Gasteiger partial charge in [0.2, 0.25) is 0 Å². The molecule has 0 heterocycles. The van der Waals surface area contributed by atoms with Gasteiger partial charge in [-0.2, -0.15) is 0 Å². The van der Waals surface area contributed by atoms with Crippen LogP contribution in [0.25, 0.3) is 0 Å². The molecule has 8 nitrogen and oxygen atoms in total. The molecule has 0 unspecified atom stereocenters. The van der Waals surface area contributed by atoms with Crippen LogP contribution in [-0.4, -0.2) is 30.0 Å². The number of nitrogens with one attached hydrogen (secondary N) is 1. The number of hydrogen-bond donors (Lipinski definition) is 1. The van der Waals surface area contributed by atoms with Gasteiger partial charge in [-0.05, 0) is 44.0 Å². The van der Waals surface area contributed by atoms with Gasteiger partial charge in [0.15, 0.2) is 13.2 Å². The third-order valence-corrected chi connectivity index (χ3v) is 3.71. The number of nitro groups is 1. The molecule has 0 aliphatic rings. The predicted molar refractivity (Wildman–Crippen MR) is 98.8 cm³/mol. The summed E-state index contributed by atoms with van der Waals surface area (Å²) >= 11 is 0. The van der Waals surface area contributed by atoms with Crippen molar-refractivity contribution in [3.8, 4) is 5.75 Å². The molecule has 0 atom stereocenters. The summed E-state index contributed by atoms with van der Waals surface area (Å²) in [5.74, 6) is -0.887. The van der Waals surface area contributed by atoms with E-state index in [0.717, 1.165) is 16.7 Å². The summed E-state index contributed by atoms with van der Waals surface area (Å²) in [5, 5.41) is 13.3. The van der Waals surface area contributed by atoms with Crippen LogP contribution in [-0.2, 0) is 14.3 Å². The molecule has 0 aromatic heterocycles. The summed E-state index contributed by atoms with van der Waals surface area (Å²) in [5.41, 5.74) is 3.56. The first-order chi connectivity index (χ1) is 12.8. The molecule has 27 heavy (non-hydrogen) atoms. The summed E-state index contributed by atoms with van der Waals surface area (Å²) in [7, 11) is 0. The summed E-state index contributed by atoms with van der Waals surface area (Å²) in [6, 6.07) is 9.18. The molecule has 0 aliphatic heterocycles. The number of nitrogens with zero attached hydrogens (tertiary/aromatic N) is 1. The Morgan fingerprint density at radius 1 is 1.04 bits per heavy atom. The topological polar surface area (TPSA) is 108 Å². The molecule has 1 amide bonds. The van der Waals surface area contributed by atoms with Crippen LogP contribution in [0.15, 0.2) is 36.4 Å². The summed E-state index contributed by atoms with van der Waals surface area (Å²) in [4.78, 5) is 33.7. The Balaban J connectivity index is 1.80. The van der Waals surface area contributed by atoms with Crippen LogP contribution in [0.4, 0.5) is 11.4 Å². The van der Waals surface area contributed by atoms with Crippen molar-refractivity contribution in [3.05, 3.63) is 63.2 Å². The maximum absolute atomic E-state index is 12.0. The number of aryl methyl sites for hydroxylation is 3. The van der Waals surface area contributed by atoms with E-state index in [0.29, 0.717) is 5.69 Å². The van der Waals surface area contributed by atoms with Gasteiger partial charge >= 0.3 is 5.97 Å². The van der Waals surface area contributed by atoms with Gasteiger partial charge in [0.25, 0.3) is 11.6 Å². The summed E-state index contributed by atoms with van der Waals surface area (Å²) in [6.07, 6.45) is 0. The van der Waals surface area contributed by atoms with Crippen molar-refractivity contribution >= 4 is 23.3 Å². The van der Waals surface area contributed by atoms with Crippen LogP contribution in [0.2, 0.25) is 0 Å². The zero-order valence-corrected chi connectivity index (χ0v) is 15.3. The van der Waals surface area contributed by atoms with E-state index in [-0.39, 0.29) is 11.4 Å². The Hall–Kier alpha value is -3.42. The van der Waals surface area contributed by atoms with Crippen molar-refractivity contribution < 1.29 is 24.0 Å². The van der Waals surface area contributed by atoms with Crippen LogP contribution >= 0.6 is 0 Å². The molecule has 0 saturated heterocycles. The highest BCUT2D eigenvalue weighted by atomic mass is 16.6. The number of hydrogen-bond acceptors (Lipinski definition) is 6. The molecular formula is C19H20N2O6. The van der Waals surface area contributed by atoms with Gasteiger partial charge in [-0.3, -0.25) is 14.9 Å². The lowest BCUT2D eigenvalue weighted by molar-refractivity contribution is -0.384. The van der Waals surface area contributed by atoms with Crippen molar-refractivity contribution in [2.45, 2.75) is 20.8 Å². The number of esters is 1. The van der Waals surface area contributed by atoms with E-state index in [1.54, 1.807) is 0 Å². The minimum Gasteiger partial charge on any atom is -0.482 e. The largest absolute Gasteiger partial charge is 0.482 e. The number of rotatable bonds is 7. The van der Waals surface area contributed by atoms with Gasteiger partial charge in [0.05, 0.1) is 4.92 Å². The van der Waals surface area contributed by atoms with Crippen molar-refractivity contribution in [1.29, 1.82) is 0 Å². The standard InChI is InChI=1S/C19H20N2O6/c1-12-8-13(2)19(14(3)9-12)20-17(22)10-27-18(23)11-26-16-6-4-15(5-7-16)21(24)25/h4-9H,10-11H2,1-3H3,(H,20,22). The molecule has 2 aromatic rings. The highest BCUT2D eigenvalue weighted by Crippen LogP contribution is 2.21. The lowest BCUT2D eigenvalue weighted by atomic mass is 10.1. The second kappa shape index (κ2) is 8.79. The van der Waals surface area contributed by atoms with Crippen molar-refractivity contribution in [1.82, 2.24) is 0 Å². The molecule has 0 saturated carbocycles. The van der Waals surface area contributed by atoms with Gasteiger partial charge in [0.1, 0.15) is 5.75 Å². The second-order valence-corrected chi connectivity index (χ2v) is 6.02.